The maximum Gasteiger partial charge on any atom is 0.227 e. The Labute approximate surface area is 312 Å². The van der Waals surface area contributed by atoms with Gasteiger partial charge in [-0.3, -0.25) is 0 Å². The molecule has 10 rings (SSSR count). The Hall–Kier alpha value is -7.37. The summed E-state index contributed by atoms with van der Waals surface area (Å²) in [5, 5.41) is 2.17. The van der Waals surface area contributed by atoms with Gasteiger partial charge in [-0.1, -0.05) is 115 Å². The second-order valence-electron chi connectivity index (χ2n) is 13.2. The zero-order valence-corrected chi connectivity index (χ0v) is 29.2. The molecule has 0 aliphatic rings. The van der Waals surface area contributed by atoms with Crippen molar-refractivity contribution in [3.05, 3.63) is 200 Å². The van der Waals surface area contributed by atoms with E-state index < -0.39 is 0 Å². The van der Waals surface area contributed by atoms with E-state index in [1.165, 1.54) is 5.56 Å². The standard InChI is InChI=1S/C49H33N3O2/c1-5-15-34(16-6-1)35-25-27-39(28-26-35)51(37-19-9-3-10-20-37)44-32-31-43(47-48(44)54-49(50-47)36-17-7-2-8-18-36)52(38-21-11-4-12-22-38)40-29-30-42-41-23-13-14-24-45(41)53-46(42)33-40/h1-33H. The maximum absolute atomic E-state index is 6.88. The van der Waals surface area contributed by atoms with E-state index in [0.717, 1.165) is 72.7 Å². The first-order valence-electron chi connectivity index (χ1n) is 18.0. The molecule has 0 atom stereocenters. The van der Waals surface area contributed by atoms with Crippen LogP contribution in [0.1, 0.15) is 0 Å². The first kappa shape index (κ1) is 31.4. The number of aromatic nitrogens is 1. The van der Waals surface area contributed by atoms with Gasteiger partial charge < -0.3 is 18.6 Å². The highest BCUT2D eigenvalue weighted by molar-refractivity contribution is 6.07. The predicted octanol–water partition coefficient (Wildman–Crippen LogP) is 14.0. The van der Waals surface area contributed by atoms with E-state index in [4.69, 9.17) is 13.8 Å². The van der Waals surface area contributed by atoms with Crippen molar-refractivity contribution in [1.82, 2.24) is 4.98 Å². The van der Waals surface area contributed by atoms with E-state index in [0.29, 0.717) is 11.5 Å². The Morgan fingerprint density at radius 3 is 1.54 bits per heavy atom. The molecule has 5 heteroatoms. The molecular weight excluding hydrogens is 663 g/mol. The van der Waals surface area contributed by atoms with Crippen LogP contribution >= 0.6 is 0 Å². The van der Waals surface area contributed by atoms with Crippen molar-refractivity contribution in [2.45, 2.75) is 0 Å². The minimum Gasteiger partial charge on any atom is -0.456 e. The molecule has 0 saturated carbocycles. The second kappa shape index (κ2) is 13.3. The van der Waals surface area contributed by atoms with Gasteiger partial charge in [0.05, 0.1) is 11.4 Å². The molecule has 0 N–H and O–H groups in total. The number of para-hydroxylation sites is 3. The molecule has 0 saturated heterocycles. The summed E-state index contributed by atoms with van der Waals surface area (Å²) in [5.74, 6) is 0.549. The smallest absolute Gasteiger partial charge is 0.227 e. The number of nitrogens with zero attached hydrogens (tertiary/aromatic N) is 3. The molecule has 0 unspecified atom stereocenters. The molecule has 0 fully saturated rings. The van der Waals surface area contributed by atoms with Gasteiger partial charge in [0.2, 0.25) is 5.89 Å². The third kappa shape index (κ3) is 5.56. The number of oxazole rings is 1. The van der Waals surface area contributed by atoms with Crippen LogP contribution in [-0.2, 0) is 0 Å². The quantitative estimate of drug-likeness (QED) is 0.158. The lowest BCUT2D eigenvalue weighted by atomic mass is 10.0. The van der Waals surface area contributed by atoms with Crippen LogP contribution < -0.4 is 9.80 Å². The fourth-order valence-corrected chi connectivity index (χ4v) is 7.34. The number of furan rings is 1. The zero-order valence-electron chi connectivity index (χ0n) is 29.2. The SMILES string of the molecule is c1ccc(-c2ccc(N(c3ccccc3)c3ccc(N(c4ccccc4)c4ccc5c(c4)oc4ccccc45)c4nc(-c5ccccc5)oc34)cc2)cc1. The molecule has 0 aliphatic carbocycles. The van der Waals surface area contributed by atoms with Gasteiger partial charge in [-0.05, 0) is 90.0 Å². The van der Waals surface area contributed by atoms with Gasteiger partial charge in [-0.2, -0.15) is 0 Å². The lowest BCUT2D eigenvalue weighted by Gasteiger charge is -2.28. The predicted molar refractivity (Wildman–Crippen MR) is 222 cm³/mol. The van der Waals surface area contributed by atoms with Crippen molar-refractivity contribution in [2.24, 2.45) is 0 Å². The molecule has 0 spiro atoms. The van der Waals surface area contributed by atoms with Gasteiger partial charge in [-0.15, -0.1) is 0 Å². The zero-order chi connectivity index (χ0) is 35.8. The number of hydrogen-bond donors (Lipinski definition) is 0. The Morgan fingerprint density at radius 2 is 0.852 bits per heavy atom. The first-order valence-corrected chi connectivity index (χ1v) is 18.0. The summed E-state index contributed by atoms with van der Waals surface area (Å²) in [4.78, 5) is 9.76. The van der Waals surface area contributed by atoms with Crippen LogP contribution in [0.4, 0.5) is 34.1 Å². The van der Waals surface area contributed by atoms with Gasteiger partial charge in [0.1, 0.15) is 16.7 Å². The average Bonchev–Trinajstić information content (AvgIpc) is 3.86. The molecule has 2 aromatic heterocycles. The Balaban J connectivity index is 1.20. The largest absolute Gasteiger partial charge is 0.456 e. The highest BCUT2D eigenvalue weighted by Crippen LogP contribution is 2.47. The molecular formula is C49H33N3O2. The highest BCUT2D eigenvalue weighted by Gasteiger charge is 2.26. The molecule has 0 bridgehead atoms. The molecule has 0 radical (unpaired) electrons. The van der Waals surface area contributed by atoms with E-state index in [2.05, 4.69) is 143 Å². The van der Waals surface area contributed by atoms with Crippen LogP contribution in [0.15, 0.2) is 209 Å². The molecule has 10 aromatic rings. The Bertz CT molecular complexity index is 2870. The van der Waals surface area contributed by atoms with E-state index >= 15 is 0 Å². The van der Waals surface area contributed by atoms with E-state index in [1.54, 1.807) is 0 Å². The normalized spacial score (nSPS) is 11.3. The van der Waals surface area contributed by atoms with Crippen molar-refractivity contribution >= 4 is 67.2 Å². The second-order valence-corrected chi connectivity index (χ2v) is 13.2. The first-order chi connectivity index (χ1) is 26.8. The van der Waals surface area contributed by atoms with Gasteiger partial charge in [-0.25, -0.2) is 4.98 Å². The average molecular weight is 696 g/mol. The van der Waals surface area contributed by atoms with Crippen molar-refractivity contribution in [1.29, 1.82) is 0 Å². The van der Waals surface area contributed by atoms with Crippen LogP contribution in [0.2, 0.25) is 0 Å². The van der Waals surface area contributed by atoms with Crippen LogP contribution in [0.25, 0.3) is 55.6 Å². The Kier molecular flexibility index (Phi) is 7.73. The number of rotatable bonds is 8. The summed E-state index contributed by atoms with van der Waals surface area (Å²) in [5.41, 5.74) is 12.0. The maximum atomic E-state index is 6.88. The molecule has 8 aromatic carbocycles. The van der Waals surface area contributed by atoms with Crippen molar-refractivity contribution in [3.8, 4) is 22.6 Å². The van der Waals surface area contributed by atoms with Gasteiger partial charge >= 0.3 is 0 Å². The summed E-state index contributed by atoms with van der Waals surface area (Å²) in [6, 6.07) is 68.9. The van der Waals surface area contributed by atoms with Crippen molar-refractivity contribution < 1.29 is 8.83 Å². The fourth-order valence-electron chi connectivity index (χ4n) is 7.34. The topological polar surface area (TPSA) is 45.7 Å². The minimum atomic E-state index is 0.549. The van der Waals surface area contributed by atoms with E-state index in [1.807, 2.05) is 66.7 Å². The number of benzene rings is 8. The lowest BCUT2D eigenvalue weighted by molar-refractivity contribution is 0.620. The van der Waals surface area contributed by atoms with Gasteiger partial charge in [0, 0.05) is 45.2 Å². The number of anilines is 6. The molecule has 5 nitrogen and oxygen atoms in total. The van der Waals surface area contributed by atoms with E-state index in [-0.39, 0.29) is 0 Å². The Morgan fingerprint density at radius 1 is 0.352 bits per heavy atom. The van der Waals surface area contributed by atoms with Gasteiger partial charge in [0.15, 0.2) is 5.58 Å². The molecule has 54 heavy (non-hydrogen) atoms. The summed E-state index contributed by atoms with van der Waals surface area (Å²) in [7, 11) is 0. The summed E-state index contributed by atoms with van der Waals surface area (Å²) in [6.45, 7) is 0. The highest BCUT2D eigenvalue weighted by atomic mass is 16.3. The van der Waals surface area contributed by atoms with Crippen LogP contribution in [0, 0.1) is 0 Å². The molecule has 0 amide bonds. The summed E-state index contributed by atoms with van der Waals surface area (Å²) >= 11 is 0. The van der Waals surface area contributed by atoms with Crippen molar-refractivity contribution in [2.75, 3.05) is 9.80 Å². The van der Waals surface area contributed by atoms with Crippen LogP contribution in [0.3, 0.4) is 0 Å². The van der Waals surface area contributed by atoms with Gasteiger partial charge in [0.25, 0.3) is 0 Å². The number of hydrogen-bond acceptors (Lipinski definition) is 5. The monoisotopic (exact) mass is 695 g/mol. The van der Waals surface area contributed by atoms with Crippen LogP contribution in [-0.4, -0.2) is 4.98 Å². The minimum absolute atomic E-state index is 0.549. The molecule has 2 heterocycles. The number of fused-ring (bicyclic) bond motifs is 4. The van der Waals surface area contributed by atoms with E-state index in [9.17, 15) is 0 Å². The van der Waals surface area contributed by atoms with Crippen LogP contribution in [0.5, 0.6) is 0 Å². The molecule has 0 aliphatic heterocycles. The molecule has 256 valence electrons. The van der Waals surface area contributed by atoms with Crippen molar-refractivity contribution in [3.63, 3.8) is 0 Å². The summed E-state index contributed by atoms with van der Waals surface area (Å²) < 4.78 is 13.3. The summed E-state index contributed by atoms with van der Waals surface area (Å²) in [6.07, 6.45) is 0. The third-order valence-corrected chi connectivity index (χ3v) is 9.89. The lowest BCUT2D eigenvalue weighted by Crippen LogP contribution is -2.13. The third-order valence-electron chi connectivity index (χ3n) is 9.89. The fraction of sp³-hybridized carbons (Fsp3) is 0.